The molecule has 0 atom stereocenters. The van der Waals surface area contributed by atoms with Crippen LogP contribution in [0.15, 0.2) is 35.2 Å². The van der Waals surface area contributed by atoms with Crippen LogP contribution in [0.4, 0.5) is 0 Å². The molecule has 0 nitrogen and oxygen atoms in total. The number of rotatable bonds is 5. The van der Waals surface area contributed by atoms with E-state index >= 15 is 0 Å². The van der Waals surface area contributed by atoms with Gasteiger partial charge in [0.2, 0.25) is 0 Å². The molecular weight excluding hydrogens is 208 g/mol. The Bertz CT molecular complexity index is 292. The highest BCUT2D eigenvalue weighted by atomic mass is 32.2. The Morgan fingerprint density at radius 1 is 1.43 bits per heavy atom. The first-order chi connectivity index (χ1) is 6.86. The lowest BCUT2D eigenvalue weighted by Crippen LogP contribution is -1.76. The van der Waals surface area contributed by atoms with Crippen molar-refractivity contribution in [3.8, 4) is 0 Å². The number of hydrogen-bond donors (Lipinski definition) is 1. The zero-order valence-electron chi connectivity index (χ0n) is 8.44. The molecule has 0 spiro atoms. The molecule has 0 aliphatic heterocycles. The molecule has 76 valence electrons. The van der Waals surface area contributed by atoms with Crippen LogP contribution < -0.4 is 0 Å². The summed E-state index contributed by atoms with van der Waals surface area (Å²) in [4.78, 5) is 1.35. The summed E-state index contributed by atoms with van der Waals surface area (Å²) in [5.41, 5.74) is 1.28. The molecule has 0 amide bonds. The van der Waals surface area contributed by atoms with Gasteiger partial charge in [0, 0.05) is 4.90 Å². The van der Waals surface area contributed by atoms with Crippen LogP contribution in [0.3, 0.4) is 0 Å². The maximum absolute atomic E-state index is 4.17. The monoisotopic (exact) mass is 224 g/mol. The molecule has 0 fully saturated rings. The Labute approximate surface area is 96.2 Å². The van der Waals surface area contributed by atoms with Gasteiger partial charge in [-0.25, -0.2) is 0 Å². The fourth-order valence-corrected chi connectivity index (χ4v) is 2.05. The van der Waals surface area contributed by atoms with Gasteiger partial charge < -0.3 is 0 Å². The quantitative estimate of drug-likeness (QED) is 0.579. The highest BCUT2D eigenvalue weighted by molar-refractivity contribution is 7.99. The van der Waals surface area contributed by atoms with Gasteiger partial charge in [-0.05, 0) is 35.6 Å². The van der Waals surface area contributed by atoms with Gasteiger partial charge in [-0.1, -0.05) is 31.2 Å². The first-order valence-corrected chi connectivity index (χ1v) is 6.49. The first-order valence-electron chi connectivity index (χ1n) is 4.87. The summed E-state index contributed by atoms with van der Waals surface area (Å²) in [6.07, 6.45) is 5.37. The number of thioether (sulfide) groups is 1. The lowest BCUT2D eigenvalue weighted by molar-refractivity contribution is 1.26. The molecule has 0 aromatic heterocycles. The average molecular weight is 224 g/mol. The van der Waals surface area contributed by atoms with Crippen molar-refractivity contribution >= 4 is 30.5 Å². The van der Waals surface area contributed by atoms with Gasteiger partial charge >= 0.3 is 0 Å². The number of allylic oxidation sites excluding steroid dienone is 1. The van der Waals surface area contributed by atoms with Gasteiger partial charge in [0.25, 0.3) is 0 Å². The minimum atomic E-state index is 0.917. The van der Waals surface area contributed by atoms with Gasteiger partial charge in [-0.15, -0.1) is 11.8 Å². The summed E-state index contributed by atoms with van der Waals surface area (Å²) >= 11 is 6.05. The molecule has 1 aromatic carbocycles. The minimum absolute atomic E-state index is 0.917. The molecule has 2 heteroatoms. The summed E-state index contributed by atoms with van der Waals surface area (Å²) in [6, 6.07) is 8.63. The molecule has 0 saturated carbocycles. The zero-order valence-corrected chi connectivity index (χ0v) is 10.2. The van der Waals surface area contributed by atoms with Crippen LogP contribution >= 0.6 is 24.4 Å². The molecule has 0 N–H and O–H groups in total. The number of thiol groups is 1. The molecule has 0 aliphatic carbocycles. The standard InChI is InChI=1S/C12H16S2/c1-2-14-12-8-5-7-11(10-12)6-3-4-9-13/h3,5-8,10,13H,2,4,9H2,1H3. The van der Waals surface area contributed by atoms with E-state index < -0.39 is 0 Å². The summed E-state index contributed by atoms with van der Waals surface area (Å²) in [7, 11) is 0. The molecule has 0 saturated heterocycles. The molecule has 0 aliphatic rings. The summed E-state index contributed by atoms with van der Waals surface area (Å²) in [6.45, 7) is 2.17. The van der Waals surface area contributed by atoms with Gasteiger partial charge in [0.1, 0.15) is 0 Å². The fourth-order valence-electron chi connectivity index (χ4n) is 1.17. The molecule has 1 aromatic rings. The third-order valence-electron chi connectivity index (χ3n) is 1.78. The predicted octanol–water partition coefficient (Wildman–Crippen LogP) is 4.13. The lowest BCUT2D eigenvalue weighted by Gasteiger charge is -1.99. The molecular formula is C12H16S2. The van der Waals surface area contributed by atoms with Crippen molar-refractivity contribution < 1.29 is 0 Å². The second kappa shape index (κ2) is 7.02. The van der Waals surface area contributed by atoms with E-state index in [4.69, 9.17) is 0 Å². The van der Waals surface area contributed by atoms with E-state index in [9.17, 15) is 0 Å². The van der Waals surface area contributed by atoms with Gasteiger partial charge in [-0.2, -0.15) is 12.6 Å². The molecule has 0 bridgehead atoms. The van der Waals surface area contributed by atoms with Crippen LogP contribution in [0.25, 0.3) is 6.08 Å². The lowest BCUT2D eigenvalue weighted by atomic mass is 10.2. The Kier molecular flexibility index (Phi) is 5.88. The van der Waals surface area contributed by atoms with E-state index in [1.165, 1.54) is 10.5 Å². The van der Waals surface area contributed by atoms with E-state index in [-0.39, 0.29) is 0 Å². The van der Waals surface area contributed by atoms with Gasteiger partial charge in [-0.3, -0.25) is 0 Å². The van der Waals surface area contributed by atoms with Crippen LogP contribution in [-0.2, 0) is 0 Å². The van der Waals surface area contributed by atoms with Crippen LogP contribution in [0.5, 0.6) is 0 Å². The number of hydrogen-bond acceptors (Lipinski definition) is 2. The molecule has 0 heterocycles. The van der Waals surface area contributed by atoms with Crippen molar-refractivity contribution in [3.05, 3.63) is 35.9 Å². The maximum Gasteiger partial charge on any atom is 0.00777 e. The highest BCUT2D eigenvalue weighted by Gasteiger charge is 1.91. The van der Waals surface area contributed by atoms with Crippen molar-refractivity contribution in [2.24, 2.45) is 0 Å². The van der Waals surface area contributed by atoms with E-state index in [0.717, 1.165) is 17.9 Å². The first kappa shape index (κ1) is 11.7. The van der Waals surface area contributed by atoms with E-state index in [2.05, 4.69) is 56.0 Å². The van der Waals surface area contributed by atoms with Crippen LogP contribution in [0.1, 0.15) is 18.9 Å². The van der Waals surface area contributed by atoms with Crippen molar-refractivity contribution in [3.63, 3.8) is 0 Å². The Balaban J connectivity index is 2.63. The maximum atomic E-state index is 4.17. The topological polar surface area (TPSA) is 0 Å². The van der Waals surface area contributed by atoms with Gasteiger partial charge in [0.05, 0.1) is 0 Å². The SMILES string of the molecule is CCSc1cccc(C=CCCS)c1. The summed E-state index contributed by atoms with van der Waals surface area (Å²) in [5, 5.41) is 0. The molecule has 1 rings (SSSR count). The van der Waals surface area contributed by atoms with Crippen LogP contribution in [0, 0.1) is 0 Å². The van der Waals surface area contributed by atoms with Crippen molar-refractivity contribution in [2.75, 3.05) is 11.5 Å². The molecule has 0 radical (unpaired) electrons. The van der Waals surface area contributed by atoms with Crippen molar-refractivity contribution in [1.82, 2.24) is 0 Å². The van der Waals surface area contributed by atoms with E-state index in [1.807, 2.05) is 11.8 Å². The second-order valence-electron chi connectivity index (χ2n) is 2.92. The molecule has 0 unspecified atom stereocenters. The number of benzene rings is 1. The fraction of sp³-hybridized carbons (Fsp3) is 0.333. The third-order valence-corrected chi connectivity index (χ3v) is 2.91. The third kappa shape index (κ3) is 4.25. The highest BCUT2D eigenvalue weighted by Crippen LogP contribution is 2.19. The normalized spacial score (nSPS) is 11.0. The van der Waals surface area contributed by atoms with Crippen LogP contribution in [0.2, 0.25) is 0 Å². The van der Waals surface area contributed by atoms with Crippen molar-refractivity contribution in [2.45, 2.75) is 18.2 Å². The predicted molar refractivity (Wildman–Crippen MR) is 70.3 cm³/mol. The minimum Gasteiger partial charge on any atom is -0.179 e. The Morgan fingerprint density at radius 2 is 2.29 bits per heavy atom. The zero-order chi connectivity index (χ0) is 10.2. The summed E-state index contributed by atoms with van der Waals surface area (Å²) in [5.74, 6) is 2.05. The van der Waals surface area contributed by atoms with E-state index in [1.54, 1.807) is 0 Å². The summed E-state index contributed by atoms with van der Waals surface area (Å²) < 4.78 is 0. The van der Waals surface area contributed by atoms with Crippen LogP contribution in [-0.4, -0.2) is 11.5 Å². The Hall–Kier alpha value is -0.340. The average Bonchev–Trinajstić information content (AvgIpc) is 2.19. The van der Waals surface area contributed by atoms with Crippen molar-refractivity contribution in [1.29, 1.82) is 0 Å². The Morgan fingerprint density at radius 3 is 3.00 bits per heavy atom. The smallest absolute Gasteiger partial charge is 0.00777 e. The largest absolute Gasteiger partial charge is 0.179 e. The van der Waals surface area contributed by atoms with E-state index in [0.29, 0.717) is 0 Å². The second-order valence-corrected chi connectivity index (χ2v) is 4.70. The molecule has 14 heavy (non-hydrogen) atoms. The van der Waals surface area contributed by atoms with Gasteiger partial charge in [0.15, 0.2) is 0 Å².